The minimum Gasteiger partial charge on any atom is -0.421 e. The van der Waals surface area contributed by atoms with E-state index in [1.807, 2.05) is 12.1 Å². The Morgan fingerprint density at radius 1 is 0.909 bits per heavy atom. The summed E-state index contributed by atoms with van der Waals surface area (Å²) >= 11 is 0. The third-order valence-electron chi connectivity index (χ3n) is 3.47. The van der Waals surface area contributed by atoms with Gasteiger partial charge in [0.15, 0.2) is 0 Å². The Balaban J connectivity index is 1.93. The number of hydrogen-bond donors (Lipinski definition) is 0. The molecule has 112 valence electrons. The van der Waals surface area contributed by atoms with Crippen LogP contribution in [0.25, 0.3) is 22.6 Å². The Hall–Kier alpha value is -2.46. The minimum atomic E-state index is 0.561. The van der Waals surface area contributed by atoms with Crippen molar-refractivity contribution in [3.8, 4) is 22.6 Å². The summed E-state index contributed by atoms with van der Waals surface area (Å²) in [5.41, 5.74) is 4.70. The number of aryl methyl sites for hydroxylation is 1. The van der Waals surface area contributed by atoms with Crippen LogP contribution in [0.5, 0.6) is 0 Å². The number of aromatic nitrogens is 2. The fourth-order valence-electron chi connectivity index (χ4n) is 2.49. The summed E-state index contributed by atoms with van der Waals surface area (Å²) in [5, 5.41) is 7.92. The van der Waals surface area contributed by atoms with Gasteiger partial charge < -0.3 is 9.32 Å². The van der Waals surface area contributed by atoms with E-state index in [2.05, 4.69) is 65.6 Å². The molecule has 3 aromatic rings. The lowest BCUT2D eigenvalue weighted by atomic mass is 9.98. The normalized spacial score (nSPS) is 11.1. The highest BCUT2D eigenvalue weighted by molar-refractivity contribution is 5.70. The molecule has 0 aliphatic rings. The molecule has 0 aliphatic carbocycles. The Morgan fingerprint density at radius 3 is 2.23 bits per heavy atom. The molecule has 0 saturated carbocycles. The maximum absolute atomic E-state index is 5.46. The van der Waals surface area contributed by atoms with Gasteiger partial charge in [0, 0.05) is 19.0 Å². The van der Waals surface area contributed by atoms with Gasteiger partial charge in [0.2, 0.25) is 11.8 Å². The summed E-state index contributed by atoms with van der Waals surface area (Å²) in [5.74, 6) is 1.14. The molecule has 0 N–H and O–H groups in total. The van der Waals surface area contributed by atoms with E-state index in [4.69, 9.17) is 4.42 Å². The Kier molecular flexibility index (Phi) is 4.02. The van der Waals surface area contributed by atoms with Crippen molar-refractivity contribution in [1.82, 2.24) is 15.1 Å². The van der Waals surface area contributed by atoms with E-state index in [0.29, 0.717) is 11.8 Å². The summed E-state index contributed by atoms with van der Waals surface area (Å²) in [7, 11) is 4.16. The van der Waals surface area contributed by atoms with Gasteiger partial charge >= 0.3 is 0 Å². The van der Waals surface area contributed by atoms with Crippen molar-refractivity contribution >= 4 is 0 Å². The molecule has 0 spiro atoms. The highest BCUT2D eigenvalue weighted by Crippen LogP contribution is 2.27. The van der Waals surface area contributed by atoms with Gasteiger partial charge in [0.25, 0.3) is 0 Å². The highest BCUT2D eigenvalue weighted by atomic mass is 16.4. The van der Waals surface area contributed by atoms with Gasteiger partial charge in [0.05, 0.1) is 0 Å². The quantitative estimate of drug-likeness (QED) is 0.734. The largest absolute Gasteiger partial charge is 0.421 e. The number of nitrogens with zero attached hydrogens (tertiary/aromatic N) is 3. The van der Waals surface area contributed by atoms with Gasteiger partial charge in [-0.3, -0.25) is 0 Å². The molecule has 22 heavy (non-hydrogen) atoms. The van der Waals surface area contributed by atoms with Crippen LogP contribution in [0.2, 0.25) is 0 Å². The molecule has 3 rings (SSSR count). The van der Waals surface area contributed by atoms with Gasteiger partial charge in [-0.2, -0.15) is 0 Å². The Labute approximate surface area is 130 Å². The van der Waals surface area contributed by atoms with E-state index in [1.165, 1.54) is 16.7 Å². The van der Waals surface area contributed by atoms with Gasteiger partial charge in [-0.05, 0) is 42.9 Å². The molecule has 0 radical (unpaired) electrons. The SMILES string of the molecule is Cc1nnc(-c2ccc(-c3ccccc3CN(C)C)cc2)o1. The smallest absolute Gasteiger partial charge is 0.247 e. The molecule has 4 heteroatoms. The Morgan fingerprint density at radius 2 is 1.59 bits per heavy atom. The summed E-state index contributed by atoms with van der Waals surface area (Å²) in [6.07, 6.45) is 0. The van der Waals surface area contributed by atoms with Crippen molar-refractivity contribution in [2.75, 3.05) is 14.1 Å². The van der Waals surface area contributed by atoms with E-state index in [-0.39, 0.29) is 0 Å². The first-order valence-corrected chi connectivity index (χ1v) is 7.27. The van der Waals surface area contributed by atoms with Crippen LogP contribution in [-0.4, -0.2) is 29.2 Å². The van der Waals surface area contributed by atoms with Crippen LogP contribution in [0.15, 0.2) is 52.9 Å². The first-order chi connectivity index (χ1) is 10.6. The van der Waals surface area contributed by atoms with Gasteiger partial charge in [-0.1, -0.05) is 36.4 Å². The van der Waals surface area contributed by atoms with E-state index in [9.17, 15) is 0 Å². The lowest BCUT2D eigenvalue weighted by Gasteiger charge is -2.14. The zero-order valence-electron chi connectivity index (χ0n) is 13.1. The van der Waals surface area contributed by atoms with Crippen molar-refractivity contribution in [1.29, 1.82) is 0 Å². The van der Waals surface area contributed by atoms with E-state index in [0.717, 1.165) is 12.1 Å². The number of benzene rings is 2. The summed E-state index contributed by atoms with van der Waals surface area (Å²) in [4.78, 5) is 2.18. The topological polar surface area (TPSA) is 42.2 Å². The van der Waals surface area contributed by atoms with Crippen molar-refractivity contribution in [3.05, 3.63) is 60.0 Å². The molecule has 0 atom stereocenters. The summed E-state index contributed by atoms with van der Waals surface area (Å²) < 4.78 is 5.46. The second kappa shape index (κ2) is 6.12. The van der Waals surface area contributed by atoms with Crippen LogP contribution in [0.4, 0.5) is 0 Å². The first-order valence-electron chi connectivity index (χ1n) is 7.27. The molecule has 1 aromatic heterocycles. The second-order valence-corrected chi connectivity index (χ2v) is 5.60. The third kappa shape index (κ3) is 3.07. The third-order valence-corrected chi connectivity index (χ3v) is 3.47. The molecule has 0 fully saturated rings. The zero-order chi connectivity index (χ0) is 15.5. The average molecular weight is 293 g/mol. The van der Waals surface area contributed by atoms with Crippen molar-refractivity contribution in [3.63, 3.8) is 0 Å². The average Bonchev–Trinajstić information content (AvgIpc) is 2.94. The Bertz CT molecular complexity index is 760. The highest BCUT2D eigenvalue weighted by Gasteiger charge is 2.08. The second-order valence-electron chi connectivity index (χ2n) is 5.60. The number of hydrogen-bond acceptors (Lipinski definition) is 4. The van der Waals surface area contributed by atoms with E-state index < -0.39 is 0 Å². The van der Waals surface area contributed by atoms with Crippen LogP contribution in [0, 0.1) is 6.92 Å². The molecule has 2 aromatic carbocycles. The maximum Gasteiger partial charge on any atom is 0.247 e. The molecular formula is C18H19N3O. The predicted octanol–water partition coefficient (Wildman–Crippen LogP) is 3.77. The zero-order valence-corrected chi connectivity index (χ0v) is 13.1. The molecule has 0 saturated heterocycles. The van der Waals surface area contributed by atoms with Crippen LogP contribution in [0.1, 0.15) is 11.5 Å². The fraction of sp³-hybridized carbons (Fsp3) is 0.222. The van der Waals surface area contributed by atoms with Gasteiger partial charge in [0.1, 0.15) is 0 Å². The fourth-order valence-corrected chi connectivity index (χ4v) is 2.49. The van der Waals surface area contributed by atoms with Gasteiger partial charge in [-0.15, -0.1) is 10.2 Å². The molecule has 0 unspecified atom stereocenters. The van der Waals surface area contributed by atoms with E-state index >= 15 is 0 Å². The van der Waals surface area contributed by atoms with Crippen LogP contribution >= 0.6 is 0 Å². The van der Waals surface area contributed by atoms with Crippen LogP contribution < -0.4 is 0 Å². The molecule has 1 heterocycles. The molecule has 4 nitrogen and oxygen atoms in total. The van der Waals surface area contributed by atoms with E-state index in [1.54, 1.807) is 6.92 Å². The lowest BCUT2D eigenvalue weighted by molar-refractivity contribution is 0.403. The maximum atomic E-state index is 5.46. The lowest BCUT2D eigenvalue weighted by Crippen LogP contribution is -2.11. The summed E-state index contributed by atoms with van der Waals surface area (Å²) in [6, 6.07) is 16.7. The van der Waals surface area contributed by atoms with Crippen LogP contribution in [0.3, 0.4) is 0 Å². The molecule has 0 aliphatic heterocycles. The first kappa shape index (κ1) is 14.5. The van der Waals surface area contributed by atoms with Crippen molar-refractivity contribution < 1.29 is 4.42 Å². The molecular weight excluding hydrogens is 274 g/mol. The van der Waals surface area contributed by atoms with Crippen LogP contribution in [-0.2, 0) is 6.54 Å². The van der Waals surface area contributed by atoms with Crippen molar-refractivity contribution in [2.45, 2.75) is 13.5 Å². The predicted molar refractivity (Wildman–Crippen MR) is 87.3 cm³/mol. The van der Waals surface area contributed by atoms with Crippen molar-refractivity contribution in [2.24, 2.45) is 0 Å². The standard InChI is InChI=1S/C18H19N3O/c1-13-19-20-18(22-13)15-10-8-14(9-11-15)17-7-5-4-6-16(17)12-21(2)3/h4-11H,12H2,1-3H3. The monoisotopic (exact) mass is 293 g/mol. The molecule has 0 amide bonds. The van der Waals surface area contributed by atoms with Gasteiger partial charge in [-0.25, -0.2) is 0 Å². The summed E-state index contributed by atoms with van der Waals surface area (Å²) in [6.45, 7) is 2.71. The minimum absolute atomic E-state index is 0.561. The number of rotatable bonds is 4. The molecule has 0 bridgehead atoms.